The topological polar surface area (TPSA) is 136 Å². The summed E-state index contributed by atoms with van der Waals surface area (Å²) in [4.78, 5) is 29.2. The van der Waals surface area contributed by atoms with E-state index in [-0.39, 0.29) is 28.2 Å². The smallest absolute Gasteiger partial charge is 0.344 e. The largest absolute Gasteiger partial charge is 0.355 e. The minimum Gasteiger partial charge on any atom is -0.355 e. The van der Waals surface area contributed by atoms with Gasteiger partial charge in [-0.1, -0.05) is 18.7 Å². The van der Waals surface area contributed by atoms with Gasteiger partial charge in [-0.3, -0.25) is 14.9 Å². The molecule has 4 N–H and O–H groups in total. The number of amides is 1. The molecule has 0 aromatic carbocycles. The molecule has 0 bridgehead atoms. The zero-order chi connectivity index (χ0) is 14.3. The molecule has 1 heterocycles. The van der Waals surface area contributed by atoms with Gasteiger partial charge in [-0.25, -0.2) is 15.8 Å². The number of nitrogens with one attached hydrogen (secondary N) is 2. The molecule has 1 rings (SSSR count). The van der Waals surface area contributed by atoms with Gasteiger partial charge >= 0.3 is 5.69 Å². The molecule has 9 nitrogen and oxygen atoms in total. The molecule has 1 aromatic heterocycles. The molecule has 0 aliphatic carbocycles. The Morgan fingerprint density at radius 2 is 2.32 bits per heavy atom. The maximum Gasteiger partial charge on any atom is 0.344 e. The normalized spacial score (nSPS) is 10.0. The van der Waals surface area contributed by atoms with Gasteiger partial charge < -0.3 is 10.7 Å². The Hall–Kier alpha value is -1.94. The Kier molecular flexibility index (Phi) is 5.96. The Morgan fingerprint density at radius 3 is 2.89 bits per heavy atom. The fourth-order valence-corrected chi connectivity index (χ4v) is 1.99. The predicted octanol–water partition coefficient (Wildman–Crippen LogP) is 0.289. The second-order valence-corrected chi connectivity index (χ2v) is 4.38. The molecule has 0 fully saturated rings. The highest BCUT2D eigenvalue weighted by Gasteiger charge is 2.23. The Balaban J connectivity index is 2.78. The highest BCUT2D eigenvalue weighted by Crippen LogP contribution is 2.31. The fourth-order valence-electron chi connectivity index (χ4n) is 1.19. The van der Waals surface area contributed by atoms with Gasteiger partial charge in [-0.2, -0.15) is 0 Å². The van der Waals surface area contributed by atoms with Crippen LogP contribution in [0.4, 0.5) is 11.5 Å². The number of anilines is 1. The molecule has 0 aliphatic heterocycles. The zero-order valence-corrected chi connectivity index (χ0v) is 11.1. The highest BCUT2D eigenvalue weighted by molar-refractivity contribution is 8.00. The summed E-state index contributed by atoms with van der Waals surface area (Å²) in [6.07, 6.45) is 1.97. The first-order chi connectivity index (χ1) is 9.10. The lowest BCUT2D eigenvalue weighted by Crippen LogP contribution is -2.25. The van der Waals surface area contributed by atoms with Crippen molar-refractivity contribution in [1.29, 1.82) is 0 Å². The number of hydrogen-bond donors (Lipinski definition) is 3. The predicted molar refractivity (Wildman–Crippen MR) is 70.5 cm³/mol. The van der Waals surface area contributed by atoms with E-state index in [9.17, 15) is 14.9 Å². The maximum atomic E-state index is 11.4. The van der Waals surface area contributed by atoms with Crippen LogP contribution in [0.1, 0.15) is 13.3 Å². The first kappa shape index (κ1) is 15.1. The number of nitro groups is 1. The lowest BCUT2D eigenvalue weighted by molar-refractivity contribution is -0.387. The number of nitrogens with two attached hydrogens (primary N) is 1. The average Bonchev–Trinajstić information content (AvgIpc) is 2.41. The first-order valence-corrected chi connectivity index (χ1v) is 6.44. The van der Waals surface area contributed by atoms with Crippen LogP contribution in [-0.2, 0) is 4.79 Å². The van der Waals surface area contributed by atoms with E-state index < -0.39 is 4.92 Å². The molecule has 1 aromatic rings. The molecule has 104 valence electrons. The van der Waals surface area contributed by atoms with Crippen LogP contribution in [0.2, 0.25) is 0 Å². The number of nitrogen functional groups attached to an aromatic ring is 1. The van der Waals surface area contributed by atoms with Crippen LogP contribution in [0.25, 0.3) is 0 Å². The van der Waals surface area contributed by atoms with Crippen molar-refractivity contribution in [3.63, 3.8) is 0 Å². The summed E-state index contributed by atoms with van der Waals surface area (Å²) >= 11 is 0.963. The first-order valence-electron chi connectivity index (χ1n) is 5.45. The standard InChI is InChI=1S/C9H14N6O3S/c1-2-3-11-6(16)4-19-9-7(15(17)18)8(14-10)12-5-13-9/h5H,2-4,10H2,1H3,(H,11,16)(H,12,13,14). The summed E-state index contributed by atoms with van der Waals surface area (Å²) in [5.41, 5.74) is 1.80. The van der Waals surface area contributed by atoms with Crippen molar-refractivity contribution in [1.82, 2.24) is 15.3 Å². The number of aromatic nitrogens is 2. The summed E-state index contributed by atoms with van der Waals surface area (Å²) in [5, 5.41) is 13.7. The van der Waals surface area contributed by atoms with Gasteiger partial charge in [0.1, 0.15) is 6.33 Å². The molecule has 10 heteroatoms. The molecule has 0 spiro atoms. The van der Waals surface area contributed by atoms with Crippen molar-refractivity contribution in [2.75, 3.05) is 17.7 Å². The van der Waals surface area contributed by atoms with Gasteiger partial charge in [0.25, 0.3) is 0 Å². The van der Waals surface area contributed by atoms with Gasteiger partial charge in [0.2, 0.25) is 11.7 Å². The van der Waals surface area contributed by atoms with E-state index in [1.54, 1.807) is 0 Å². The van der Waals surface area contributed by atoms with Crippen LogP contribution in [-0.4, -0.2) is 33.1 Å². The number of hydrazine groups is 1. The van der Waals surface area contributed by atoms with Gasteiger partial charge in [0.05, 0.1) is 10.7 Å². The lowest BCUT2D eigenvalue weighted by Gasteiger charge is -2.05. The van der Waals surface area contributed by atoms with Crippen molar-refractivity contribution < 1.29 is 9.72 Å². The van der Waals surface area contributed by atoms with Crippen molar-refractivity contribution >= 4 is 29.2 Å². The van der Waals surface area contributed by atoms with Crippen LogP contribution in [0, 0.1) is 10.1 Å². The molecule has 0 saturated carbocycles. The minimum atomic E-state index is -0.637. The Labute approximate surface area is 113 Å². The zero-order valence-electron chi connectivity index (χ0n) is 10.3. The molecule has 1 amide bonds. The number of hydrogen-bond acceptors (Lipinski definition) is 8. The molecule has 19 heavy (non-hydrogen) atoms. The molecule has 0 unspecified atom stereocenters. The van der Waals surface area contributed by atoms with Crippen LogP contribution < -0.4 is 16.6 Å². The van der Waals surface area contributed by atoms with Crippen LogP contribution in [0.5, 0.6) is 0 Å². The minimum absolute atomic E-state index is 0.0435. The number of thioether (sulfide) groups is 1. The summed E-state index contributed by atoms with van der Waals surface area (Å²) in [7, 11) is 0. The summed E-state index contributed by atoms with van der Waals surface area (Å²) in [6, 6.07) is 0. The average molecular weight is 286 g/mol. The Morgan fingerprint density at radius 1 is 1.58 bits per heavy atom. The molecule has 0 saturated heterocycles. The lowest BCUT2D eigenvalue weighted by atomic mass is 10.5. The van der Waals surface area contributed by atoms with Gasteiger partial charge in [-0.15, -0.1) is 0 Å². The van der Waals surface area contributed by atoms with Gasteiger partial charge in [0, 0.05) is 6.54 Å². The van der Waals surface area contributed by atoms with Crippen LogP contribution >= 0.6 is 11.8 Å². The van der Waals surface area contributed by atoms with Crippen molar-refractivity contribution in [3.05, 3.63) is 16.4 Å². The van der Waals surface area contributed by atoms with E-state index in [4.69, 9.17) is 5.84 Å². The second-order valence-electron chi connectivity index (χ2n) is 3.42. The molecule has 0 atom stereocenters. The quantitative estimate of drug-likeness (QED) is 0.214. The third-order valence-corrected chi connectivity index (χ3v) is 3.00. The van der Waals surface area contributed by atoms with Crippen molar-refractivity contribution in [2.24, 2.45) is 5.84 Å². The number of rotatable bonds is 7. The van der Waals surface area contributed by atoms with Crippen LogP contribution in [0.3, 0.4) is 0 Å². The third-order valence-electron chi connectivity index (χ3n) is 2.02. The van der Waals surface area contributed by atoms with E-state index in [2.05, 4.69) is 20.7 Å². The van der Waals surface area contributed by atoms with Crippen LogP contribution in [0.15, 0.2) is 11.4 Å². The number of carbonyl (C=O) groups excluding carboxylic acids is 1. The monoisotopic (exact) mass is 286 g/mol. The number of carbonyl (C=O) groups is 1. The molecule has 0 aliphatic rings. The fraction of sp³-hybridized carbons (Fsp3) is 0.444. The van der Waals surface area contributed by atoms with E-state index >= 15 is 0 Å². The highest BCUT2D eigenvalue weighted by atomic mass is 32.2. The van der Waals surface area contributed by atoms with E-state index in [1.165, 1.54) is 0 Å². The Bertz CT molecular complexity index is 469. The number of nitrogens with zero attached hydrogens (tertiary/aromatic N) is 3. The van der Waals surface area contributed by atoms with Gasteiger partial charge in [-0.05, 0) is 6.42 Å². The molecule has 0 radical (unpaired) electrons. The van der Waals surface area contributed by atoms with Gasteiger partial charge in [0.15, 0.2) is 5.03 Å². The SMILES string of the molecule is CCCNC(=O)CSc1ncnc(NN)c1[N+](=O)[O-]. The van der Waals surface area contributed by atoms with E-state index in [1.807, 2.05) is 6.92 Å². The summed E-state index contributed by atoms with van der Waals surface area (Å²) < 4.78 is 0. The van der Waals surface area contributed by atoms with Crippen molar-refractivity contribution in [3.8, 4) is 0 Å². The summed E-state index contributed by atoms with van der Waals surface area (Å²) in [6.45, 7) is 2.50. The maximum absolute atomic E-state index is 11.4. The van der Waals surface area contributed by atoms with E-state index in [0.29, 0.717) is 6.54 Å². The molecular formula is C9H14N6O3S. The molecular weight excluding hydrogens is 272 g/mol. The summed E-state index contributed by atoms with van der Waals surface area (Å²) in [5.74, 6) is 4.90. The third kappa shape index (κ3) is 4.34. The van der Waals surface area contributed by atoms with E-state index in [0.717, 1.165) is 24.5 Å². The second kappa shape index (κ2) is 7.48. The van der Waals surface area contributed by atoms with Crippen molar-refractivity contribution in [2.45, 2.75) is 18.4 Å².